The first-order chi connectivity index (χ1) is 4.93. The van der Waals surface area contributed by atoms with Gasteiger partial charge in [-0.05, 0) is 5.56 Å². The van der Waals surface area contributed by atoms with Crippen LogP contribution in [0.25, 0.3) is 0 Å². The second kappa shape index (κ2) is 3.72. The molecule has 0 aliphatic rings. The van der Waals surface area contributed by atoms with Crippen molar-refractivity contribution in [2.24, 2.45) is 0 Å². The van der Waals surface area contributed by atoms with Gasteiger partial charge in [0.1, 0.15) is 6.61 Å². The fourth-order valence-electron chi connectivity index (χ4n) is 0.729. The van der Waals surface area contributed by atoms with Gasteiger partial charge in [0.05, 0.1) is 6.26 Å². The smallest absolute Gasteiger partial charge is 0.112 e. The van der Waals surface area contributed by atoms with Gasteiger partial charge in [0, 0.05) is 0 Å². The van der Waals surface area contributed by atoms with Crippen molar-refractivity contribution in [3.63, 3.8) is 0 Å². The Balaban J connectivity index is 2.50. The second-order valence-electron chi connectivity index (χ2n) is 1.96. The van der Waals surface area contributed by atoms with Gasteiger partial charge in [0.2, 0.25) is 0 Å². The van der Waals surface area contributed by atoms with Crippen molar-refractivity contribution in [3.05, 3.63) is 48.7 Å². The van der Waals surface area contributed by atoms with Gasteiger partial charge in [0.15, 0.2) is 0 Å². The molecule has 0 aliphatic heterocycles. The van der Waals surface area contributed by atoms with Crippen LogP contribution in [0.4, 0.5) is 0 Å². The zero-order chi connectivity index (χ0) is 7.23. The summed E-state index contributed by atoms with van der Waals surface area (Å²) >= 11 is 0. The number of benzene rings is 1. The molecule has 1 heteroatoms. The molecule has 0 radical (unpaired) electrons. The second-order valence-corrected chi connectivity index (χ2v) is 1.96. The monoisotopic (exact) mass is 136 g/mol. The summed E-state index contributed by atoms with van der Waals surface area (Å²) in [5.41, 5.74) is 1.17. The summed E-state index contributed by atoms with van der Waals surface area (Å²) in [6.45, 7) is 4.07. The van der Waals surface area contributed by atoms with E-state index in [0.29, 0.717) is 6.61 Å². The predicted octanol–water partition coefficient (Wildman–Crippen LogP) is 2.35. The Morgan fingerprint density at radius 1 is 1.30 bits per heavy atom. The third-order valence-corrected chi connectivity index (χ3v) is 1.21. The fourth-order valence-corrected chi connectivity index (χ4v) is 0.729. The van der Waals surface area contributed by atoms with Gasteiger partial charge in [-0.15, -0.1) is 0 Å². The van der Waals surface area contributed by atoms with Crippen LogP contribution in [-0.2, 0) is 11.3 Å². The van der Waals surface area contributed by atoms with Gasteiger partial charge in [-0.1, -0.05) is 36.9 Å². The van der Waals surface area contributed by atoms with Gasteiger partial charge < -0.3 is 4.74 Å². The third-order valence-electron chi connectivity index (χ3n) is 1.21. The topological polar surface area (TPSA) is 9.23 Å². The number of hydrogen-bond donors (Lipinski definition) is 0. The zero-order valence-corrected chi connectivity index (χ0v) is 5.79. The van der Waals surface area contributed by atoms with Crippen LogP contribution in [0.2, 0.25) is 0 Å². The van der Waals surface area contributed by atoms with Crippen molar-refractivity contribution < 1.29 is 4.74 Å². The Hall–Kier alpha value is -1.24. The zero-order valence-electron chi connectivity index (χ0n) is 5.79. The highest BCUT2D eigenvalue weighted by atomic mass is 16.5. The van der Waals surface area contributed by atoms with E-state index in [1.807, 2.05) is 30.3 Å². The summed E-state index contributed by atoms with van der Waals surface area (Å²) in [5.74, 6) is 0. The van der Waals surface area contributed by atoms with Crippen LogP contribution in [0.3, 0.4) is 0 Å². The van der Waals surface area contributed by atoms with Gasteiger partial charge in [-0.2, -0.15) is 0 Å². The standard InChI is InChI=1S/C9H10O/c1-2-10-8-9-6-4-3-5-7-9/h2-7H,1,8H2/i6+1,9+1. The molecule has 52 valence electrons. The molecule has 0 bridgehead atoms. The summed E-state index contributed by atoms with van der Waals surface area (Å²) in [6, 6.07) is 9.99. The van der Waals surface area contributed by atoms with Gasteiger partial charge >= 0.3 is 0 Å². The first kappa shape index (κ1) is 6.87. The normalized spacial score (nSPS) is 8.80. The highest BCUT2D eigenvalue weighted by molar-refractivity contribution is 5.13. The average Bonchev–Trinajstić information content (AvgIpc) is 2.03. The van der Waals surface area contributed by atoms with E-state index < -0.39 is 0 Å². The lowest BCUT2D eigenvalue weighted by Gasteiger charge is -1.98. The number of ether oxygens (including phenoxy) is 1. The van der Waals surface area contributed by atoms with E-state index in [1.54, 1.807) is 0 Å². The lowest BCUT2D eigenvalue weighted by Crippen LogP contribution is -1.83. The molecule has 0 unspecified atom stereocenters. The van der Waals surface area contributed by atoms with E-state index in [9.17, 15) is 0 Å². The maximum absolute atomic E-state index is 4.98. The number of hydrogen-bond acceptors (Lipinski definition) is 1. The molecule has 1 rings (SSSR count). The van der Waals surface area contributed by atoms with Crippen LogP contribution in [0.15, 0.2) is 43.2 Å². The molecule has 0 amide bonds. The lowest BCUT2D eigenvalue weighted by atomic mass is 10.5. The van der Waals surface area contributed by atoms with E-state index in [0.717, 1.165) is 0 Å². The molecule has 1 aromatic carbocycles. The minimum absolute atomic E-state index is 0.615. The van der Waals surface area contributed by atoms with Crippen LogP contribution < -0.4 is 0 Å². The van der Waals surface area contributed by atoms with Crippen molar-refractivity contribution in [3.8, 4) is 0 Å². The summed E-state index contributed by atoms with van der Waals surface area (Å²) < 4.78 is 4.98. The average molecular weight is 136 g/mol. The number of rotatable bonds is 3. The molecule has 0 saturated heterocycles. The summed E-state index contributed by atoms with van der Waals surface area (Å²) in [6.07, 6.45) is 1.45. The molecule has 0 atom stereocenters. The fraction of sp³-hybridized carbons (Fsp3) is 0.111. The molecule has 1 nitrogen and oxygen atoms in total. The molecule has 0 aliphatic carbocycles. The Morgan fingerprint density at radius 3 is 2.60 bits per heavy atom. The molecule has 0 spiro atoms. The quantitative estimate of drug-likeness (QED) is 0.579. The Morgan fingerprint density at radius 2 is 2.00 bits per heavy atom. The van der Waals surface area contributed by atoms with E-state index >= 15 is 0 Å². The molecule has 0 N–H and O–H groups in total. The van der Waals surface area contributed by atoms with Crippen molar-refractivity contribution in [2.75, 3.05) is 0 Å². The SMILES string of the molecule is C=COC[13c]1cccc[13cH]1. The minimum atomic E-state index is 0.615. The van der Waals surface area contributed by atoms with E-state index in [4.69, 9.17) is 4.74 Å². The summed E-state index contributed by atoms with van der Waals surface area (Å²) in [4.78, 5) is 0. The first-order valence-electron chi connectivity index (χ1n) is 3.20. The van der Waals surface area contributed by atoms with Crippen molar-refractivity contribution >= 4 is 0 Å². The maximum atomic E-state index is 4.98. The largest absolute Gasteiger partial charge is 0.497 e. The van der Waals surface area contributed by atoms with E-state index in [1.165, 1.54) is 11.8 Å². The summed E-state index contributed by atoms with van der Waals surface area (Å²) in [5, 5.41) is 0. The van der Waals surface area contributed by atoms with Gasteiger partial charge in [-0.25, -0.2) is 0 Å². The van der Waals surface area contributed by atoms with Crippen LogP contribution in [-0.4, -0.2) is 0 Å². The molecule has 0 heterocycles. The van der Waals surface area contributed by atoms with Crippen LogP contribution in [0, 0.1) is 0 Å². The molecule has 0 saturated carbocycles. The molecular weight excluding hydrogens is 126 g/mol. The Labute approximate surface area is 61.0 Å². The van der Waals surface area contributed by atoms with Crippen molar-refractivity contribution in [2.45, 2.75) is 6.61 Å². The van der Waals surface area contributed by atoms with E-state index in [-0.39, 0.29) is 0 Å². The molecule has 0 aromatic heterocycles. The van der Waals surface area contributed by atoms with Crippen molar-refractivity contribution in [1.29, 1.82) is 0 Å². The van der Waals surface area contributed by atoms with Gasteiger partial charge in [-0.3, -0.25) is 0 Å². The van der Waals surface area contributed by atoms with Gasteiger partial charge in [0.25, 0.3) is 0 Å². The molecule has 1 aromatic rings. The Kier molecular flexibility index (Phi) is 2.56. The molecule has 10 heavy (non-hydrogen) atoms. The highest BCUT2D eigenvalue weighted by Crippen LogP contribution is 1.99. The first-order valence-corrected chi connectivity index (χ1v) is 3.20. The van der Waals surface area contributed by atoms with E-state index in [2.05, 4.69) is 6.58 Å². The Bertz CT molecular complexity index is 191. The van der Waals surface area contributed by atoms with Crippen molar-refractivity contribution in [1.82, 2.24) is 0 Å². The predicted molar refractivity (Wildman–Crippen MR) is 41.4 cm³/mol. The third kappa shape index (κ3) is 1.94. The van der Waals surface area contributed by atoms with Crippen LogP contribution >= 0.6 is 0 Å². The summed E-state index contributed by atoms with van der Waals surface area (Å²) in [7, 11) is 0. The molecular formula is C9H10O. The van der Waals surface area contributed by atoms with Crippen LogP contribution in [0.5, 0.6) is 0 Å². The maximum Gasteiger partial charge on any atom is 0.112 e. The highest BCUT2D eigenvalue weighted by Gasteiger charge is 1.85. The minimum Gasteiger partial charge on any atom is -0.497 e. The molecule has 0 fully saturated rings. The van der Waals surface area contributed by atoms with Crippen LogP contribution in [0.1, 0.15) is 5.56 Å². The lowest BCUT2D eigenvalue weighted by molar-refractivity contribution is 0.237.